The topological polar surface area (TPSA) is 76.0 Å². The highest BCUT2D eigenvalue weighted by atomic mass is 16.5. The minimum absolute atomic E-state index is 0.134. The van der Waals surface area contributed by atoms with Gasteiger partial charge in [0, 0.05) is 11.1 Å². The summed E-state index contributed by atoms with van der Waals surface area (Å²) >= 11 is 0. The van der Waals surface area contributed by atoms with Gasteiger partial charge in [-0.05, 0) is 53.4 Å². The predicted octanol–water partition coefficient (Wildman–Crippen LogP) is 3.30. The molecule has 3 rings (SSSR count). The van der Waals surface area contributed by atoms with E-state index in [4.69, 9.17) is 9.47 Å². The lowest BCUT2D eigenvalue weighted by Crippen LogP contribution is -2.37. The second kappa shape index (κ2) is 4.54. The van der Waals surface area contributed by atoms with E-state index in [-0.39, 0.29) is 22.7 Å². The van der Waals surface area contributed by atoms with Crippen LogP contribution in [-0.4, -0.2) is 27.4 Å². The Morgan fingerprint density at radius 1 is 0.955 bits per heavy atom. The normalized spacial score (nSPS) is 21.1. The fraction of sp³-hybridized carbons (Fsp3) is 0.588. The van der Waals surface area contributed by atoms with Gasteiger partial charge in [-0.25, -0.2) is 4.79 Å². The molecule has 5 heteroatoms. The van der Waals surface area contributed by atoms with E-state index in [0.29, 0.717) is 24.2 Å². The Morgan fingerprint density at radius 2 is 1.45 bits per heavy atom. The first kappa shape index (κ1) is 15.0. The fourth-order valence-corrected chi connectivity index (χ4v) is 3.20. The Labute approximate surface area is 129 Å². The van der Waals surface area contributed by atoms with Crippen LogP contribution in [-0.2, 0) is 12.8 Å². The summed E-state index contributed by atoms with van der Waals surface area (Å²) in [4.78, 5) is 11.6. The number of benzene rings is 1. The number of hydrogen-bond donors (Lipinski definition) is 2. The second-order valence-corrected chi connectivity index (χ2v) is 7.37. The van der Waals surface area contributed by atoms with Crippen molar-refractivity contribution >= 4 is 5.97 Å². The second-order valence-electron chi connectivity index (χ2n) is 7.37. The van der Waals surface area contributed by atoms with E-state index in [1.807, 2.05) is 27.7 Å². The zero-order valence-corrected chi connectivity index (χ0v) is 13.4. The summed E-state index contributed by atoms with van der Waals surface area (Å²) < 4.78 is 12.0. The highest BCUT2D eigenvalue weighted by Gasteiger charge is 2.40. The van der Waals surface area contributed by atoms with Crippen LogP contribution in [0.3, 0.4) is 0 Å². The predicted molar refractivity (Wildman–Crippen MR) is 81.1 cm³/mol. The number of phenols is 1. The van der Waals surface area contributed by atoms with Crippen LogP contribution in [0, 0.1) is 0 Å². The van der Waals surface area contributed by atoms with Crippen LogP contribution in [0.4, 0.5) is 0 Å². The smallest absolute Gasteiger partial charge is 0.343 e. The maximum Gasteiger partial charge on any atom is 0.343 e. The molecule has 2 N–H and O–H groups in total. The molecule has 5 nitrogen and oxygen atoms in total. The van der Waals surface area contributed by atoms with Gasteiger partial charge in [0.2, 0.25) is 0 Å². The summed E-state index contributed by atoms with van der Waals surface area (Å²) in [5, 5.41) is 20.0. The van der Waals surface area contributed by atoms with Crippen molar-refractivity contribution in [1.29, 1.82) is 0 Å². The monoisotopic (exact) mass is 306 g/mol. The van der Waals surface area contributed by atoms with Crippen LogP contribution in [0.15, 0.2) is 0 Å². The van der Waals surface area contributed by atoms with Crippen molar-refractivity contribution in [1.82, 2.24) is 0 Å². The van der Waals surface area contributed by atoms with Gasteiger partial charge < -0.3 is 19.7 Å². The number of aromatic carboxylic acids is 1. The van der Waals surface area contributed by atoms with Gasteiger partial charge in [-0.3, -0.25) is 0 Å². The molecule has 2 heterocycles. The number of aromatic hydroxyl groups is 1. The molecule has 0 spiro atoms. The zero-order valence-electron chi connectivity index (χ0n) is 13.4. The fourth-order valence-electron chi connectivity index (χ4n) is 3.20. The van der Waals surface area contributed by atoms with Crippen molar-refractivity contribution in [3.8, 4) is 17.2 Å². The van der Waals surface area contributed by atoms with Crippen molar-refractivity contribution in [2.24, 2.45) is 0 Å². The van der Waals surface area contributed by atoms with E-state index in [1.54, 1.807) is 0 Å². The minimum atomic E-state index is -1.17. The summed E-state index contributed by atoms with van der Waals surface area (Å²) in [7, 11) is 0. The maximum atomic E-state index is 11.6. The van der Waals surface area contributed by atoms with Gasteiger partial charge in [0.05, 0.1) is 0 Å². The lowest BCUT2D eigenvalue weighted by molar-refractivity contribution is 0.0583. The average Bonchev–Trinajstić information content (AvgIpc) is 2.35. The Bertz CT molecular complexity index is 658. The van der Waals surface area contributed by atoms with Crippen molar-refractivity contribution in [3.63, 3.8) is 0 Å². The third-order valence-corrected chi connectivity index (χ3v) is 4.50. The lowest BCUT2D eigenvalue weighted by atomic mass is 9.85. The minimum Gasteiger partial charge on any atom is -0.506 e. The van der Waals surface area contributed by atoms with Gasteiger partial charge >= 0.3 is 5.97 Å². The number of carbonyl (C=O) groups is 1. The standard InChI is InChI=1S/C17H22O5/c1-16(2)7-5-9-12(18)11(15(19)20)14-10(13(9)21-16)6-8-17(3,4)22-14/h18H,5-8H2,1-4H3,(H,19,20). The van der Waals surface area contributed by atoms with Crippen LogP contribution < -0.4 is 9.47 Å². The molecule has 0 aliphatic carbocycles. The maximum absolute atomic E-state index is 11.6. The van der Waals surface area contributed by atoms with Crippen LogP contribution in [0.1, 0.15) is 62.0 Å². The van der Waals surface area contributed by atoms with E-state index in [9.17, 15) is 15.0 Å². The molecular formula is C17H22O5. The summed E-state index contributed by atoms with van der Waals surface area (Å²) in [5.41, 5.74) is 0.452. The van der Waals surface area contributed by atoms with Crippen molar-refractivity contribution in [2.75, 3.05) is 0 Å². The Hall–Kier alpha value is -1.91. The van der Waals surface area contributed by atoms with E-state index in [1.165, 1.54) is 0 Å². The van der Waals surface area contributed by atoms with Crippen LogP contribution in [0.2, 0.25) is 0 Å². The molecule has 0 atom stereocenters. The van der Waals surface area contributed by atoms with E-state index < -0.39 is 11.6 Å². The molecule has 0 radical (unpaired) electrons. The SMILES string of the molecule is CC1(C)CCc2c(O)c(C(=O)O)c3c(c2O1)CCC(C)(C)O3. The van der Waals surface area contributed by atoms with Gasteiger partial charge in [0.1, 0.15) is 34.0 Å². The van der Waals surface area contributed by atoms with Gasteiger partial charge in [-0.1, -0.05) is 0 Å². The molecule has 1 aromatic carbocycles. The molecule has 2 aliphatic rings. The number of fused-ring (bicyclic) bond motifs is 3. The number of ether oxygens (including phenoxy) is 2. The Morgan fingerprint density at radius 3 is 2.00 bits per heavy atom. The van der Waals surface area contributed by atoms with E-state index in [2.05, 4.69) is 0 Å². The molecule has 0 fully saturated rings. The molecule has 0 saturated heterocycles. The third-order valence-electron chi connectivity index (χ3n) is 4.50. The highest BCUT2D eigenvalue weighted by Crippen LogP contribution is 2.51. The first-order valence-electron chi connectivity index (χ1n) is 7.63. The largest absolute Gasteiger partial charge is 0.506 e. The molecule has 0 amide bonds. The summed E-state index contributed by atoms with van der Waals surface area (Å²) in [5.74, 6) is -0.504. The number of carboxylic acids is 1. The molecule has 0 unspecified atom stereocenters. The Kier molecular flexibility index (Phi) is 3.10. The van der Waals surface area contributed by atoms with Gasteiger partial charge in [0.15, 0.2) is 0 Å². The van der Waals surface area contributed by atoms with Gasteiger partial charge in [0.25, 0.3) is 0 Å². The summed E-state index contributed by atoms with van der Waals surface area (Å²) in [6.07, 6.45) is 2.80. The van der Waals surface area contributed by atoms with Crippen LogP contribution in [0.5, 0.6) is 17.2 Å². The summed E-state index contributed by atoms with van der Waals surface area (Å²) in [6.45, 7) is 7.84. The molecule has 22 heavy (non-hydrogen) atoms. The van der Waals surface area contributed by atoms with Crippen LogP contribution in [0.25, 0.3) is 0 Å². The van der Waals surface area contributed by atoms with Gasteiger partial charge in [-0.15, -0.1) is 0 Å². The third kappa shape index (κ3) is 2.28. The Balaban J connectivity index is 2.27. The van der Waals surface area contributed by atoms with E-state index in [0.717, 1.165) is 18.4 Å². The average molecular weight is 306 g/mol. The summed E-state index contributed by atoms with van der Waals surface area (Å²) in [6, 6.07) is 0. The highest BCUT2D eigenvalue weighted by molar-refractivity contribution is 5.96. The van der Waals surface area contributed by atoms with Crippen molar-refractivity contribution in [2.45, 2.75) is 64.6 Å². The first-order valence-corrected chi connectivity index (χ1v) is 7.63. The quantitative estimate of drug-likeness (QED) is 0.832. The molecule has 120 valence electrons. The van der Waals surface area contributed by atoms with Crippen molar-refractivity contribution < 1.29 is 24.5 Å². The zero-order chi connectivity index (χ0) is 16.3. The first-order chi connectivity index (χ1) is 10.1. The number of hydrogen-bond acceptors (Lipinski definition) is 4. The number of carboxylic acid groups (broad SMARTS) is 1. The molecule has 1 aromatic rings. The van der Waals surface area contributed by atoms with Crippen LogP contribution >= 0.6 is 0 Å². The van der Waals surface area contributed by atoms with E-state index >= 15 is 0 Å². The molecule has 2 aliphatic heterocycles. The number of rotatable bonds is 1. The molecule has 0 saturated carbocycles. The van der Waals surface area contributed by atoms with Crippen molar-refractivity contribution in [3.05, 3.63) is 16.7 Å². The molecule has 0 aromatic heterocycles. The lowest BCUT2D eigenvalue weighted by Gasteiger charge is -2.39. The van der Waals surface area contributed by atoms with Gasteiger partial charge in [-0.2, -0.15) is 0 Å². The molecular weight excluding hydrogens is 284 g/mol. The molecule has 0 bridgehead atoms.